The van der Waals surface area contributed by atoms with Gasteiger partial charge in [-0.25, -0.2) is 0 Å². The molecule has 92 valence electrons. The lowest BCUT2D eigenvalue weighted by Crippen LogP contribution is -2.10. The van der Waals surface area contributed by atoms with Crippen molar-refractivity contribution in [2.24, 2.45) is 0 Å². The number of hydrogen-bond donors (Lipinski definition) is 0. The Balaban J connectivity index is 2.57. The maximum Gasteiger partial charge on any atom is 0.307 e. The minimum atomic E-state index is -0.288. The van der Waals surface area contributed by atoms with Gasteiger partial charge in [-0.2, -0.15) is 0 Å². The molecule has 1 aromatic carbocycles. The number of benzene rings is 1. The van der Waals surface area contributed by atoms with Crippen LogP contribution in [-0.4, -0.2) is 5.97 Å². The number of carbonyl (C=O) groups excluding carboxylic acids is 1. The topological polar surface area (TPSA) is 26.3 Å². The molecule has 0 radical (unpaired) electrons. The van der Waals surface area contributed by atoms with Gasteiger partial charge in [-0.15, -0.1) is 0 Å². The lowest BCUT2D eigenvalue weighted by atomic mass is 9.86. The first-order chi connectivity index (χ1) is 7.89. The molecule has 0 spiro atoms. The lowest BCUT2D eigenvalue weighted by molar-refractivity contribution is -0.135. The van der Waals surface area contributed by atoms with Gasteiger partial charge in [0.2, 0.25) is 0 Å². The molecule has 0 bridgehead atoms. The maximum atomic E-state index is 10.5. The minimum absolute atomic E-state index is 0.187. The summed E-state index contributed by atoms with van der Waals surface area (Å²) in [6.07, 6.45) is 4.06. The smallest absolute Gasteiger partial charge is 0.307 e. The van der Waals surface area contributed by atoms with Crippen molar-refractivity contribution < 1.29 is 9.53 Å². The molecule has 0 aromatic heterocycles. The van der Waals surface area contributed by atoms with Gasteiger partial charge in [0.05, 0.1) is 6.26 Å². The van der Waals surface area contributed by atoms with Crippen molar-refractivity contribution in [3.63, 3.8) is 0 Å². The summed E-state index contributed by atoms with van der Waals surface area (Å²) in [7, 11) is 0. The standard InChI is InChI=1S/C15H20O2/c1-12(16)17-11-5-6-13-7-9-14(10-8-13)15(2,3)4/h5,7-11H,6H2,1-4H3/b11-5+. The second-order valence-corrected chi connectivity index (χ2v) is 5.13. The zero-order chi connectivity index (χ0) is 12.9. The third kappa shape index (κ3) is 4.85. The number of allylic oxidation sites excluding steroid dienone is 1. The van der Waals surface area contributed by atoms with Crippen molar-refractivity contribution in [1.29, 1.82) is 0 Å². The fourth-order valence-electron chi connectivity index (χ4n) is 1.47. The Morgan fingerprint density at radius 2 is 1.82 bits per heavy atom. The van der Waals surface area contributed by atoms with Crippen LogP contribution in [0.25, 0.3) is 0 Å². The van der Waals surface area contributed by atoms with E-state index in [-0.39, 0.29) is 11.4 Å². The van der Waals surface area contributed by atoms with Crippen LogP contribution in [0.4, 0.5) is 0 Å². The van der Waals surface area contributed by atoms with E-state index in [1.54, 1.807) is 0 Å². The molecule has 0 fully saturated rings. The first kappa shape index (κ1) is 13.5. The molecule has 2 heteroatoms. The molecule has 0 unspecified atom stereocenters. The van der Waals surface area contributed by atoms with Gasteiger partial charge in [-0.1, -0.05) is 45.0 Å². The molecule has 1 rings (SSSR count). The fraction of sp³-hybridized carbons (Fsp3) is 0.400. The van der Waals surface area contributed by atoms with E-state index in [4.69, 9.17) is 4.74 Å². The van der Waals surface area contributed by atoms with Gasteiger partial charge in [0.25, 0.3) is 0 Å². The molecule has 0 saturated heterocycles. The normalized spacial score (nSPS) is 11.8. The average molecular weight is 232 g/mol. The van der Waals surface area contributed by atoms with E-state index in [0.717, 1.165) is 6.42 Å². The molecular weight excluding hydrogens is 212 g/mol. The van der Waals surface area contributed by atoms with E-state index in [2.05, 4.69) is 45.0 Å². The third-order valence-electron chi connectivity index (χ3n) is 2.50. The predicted octanol–water partition coefficient (Wildman–Crippen LogP) is 3.60. The Morgan fingerprint density at radius 3 is 2.29 bits per heavy atom. The largest absolute Gasteiger partial charge is 0.435 e. The molecule has 2 nitrogen and oxygen atoms in total. The van der Waals surface area contributed by atoms with Crippen LogP contribution in [-0.2, 0) is 21.4 Å². The zero-order valence-corrected chi connectivity index (χ0v) is 11.0. The van der Waals surface area contributed by atoms with Gasteiger partial charge in [0, 0.05) is 6.92 Å². The lowest BCUT2D eigenvalue weighted by Gasteiger charge is -2.18. The average Bonchev–Trinajstić information content (AvgIpc) is 2.23. The van der Waals surface area contributed by atoms with E-state index in [0.29, 0.717) is 0 Å². The highest BCUT2D eigenvalue weighted by atomic mass is 16.5. The van der Waals surface area contributed by atoms with Crippen LogP contribution >= 0.6 is 0 Å². The number of carbonyl (C=O) groups is 1. The minimum Gasteiger partial charge on any atom is -0.435 e. The highest BCUT2D eigenvalue weighted by Crippen LogP contribution is 2.22. The molecular formula is C15H20O2. The monoisotopic (exact) mass is 232 g/mol. The van der Waals surface area contributed by atoms with Crippen LogP contribution in [0.15, 0.2) is 36.6 Å². The summed E-state index contributed by atoms with van der Waals surface area (Å²) in [4.78, 5) is 10.5. The molecule has 0 amide bonds. The molecule has 0 atom stereocenters. The van der Waals surface area contributed by atoms with Crippen molar-refractivity contribution in [2.45, 2.75) is 39.5 Å². The highest BCUT2D eigenvalue weighted by molar-refractivity contribution is 5.66. The second-order valence-electron chi connectivity index (χ2n) is 5.13. The zero-order valence-electron chi connectivity index (χ0n) is 11.0. The SMILES string of the molecule is CC(=O)O/C=C/Cc1ccc(C(C)(C)C)cc1. The molecule has 0 saturated carbocycles. The Hall–Kier alpha value is -1.57. The first-order valence-corrected chi connectivity index (χ1v) is 5.81. The summed E-state index contributed by atoms with van der Waals surface area (Å²) in [6, 6.07) is 8.52. The molecule has 0 N–H and O–H groups in total. The van der Waals surface area contributed by atoms with Crippen LogP contribution in [0.2, 0.25) is 0 Å². The molecule has 1 aromatic rings. The summed E-state index contributed by atoms with van der Waals surface area (Å²) >= 11 is 0. The van der Waals surface area contributed by atoms with E-state index >= 15 is 0 Å². The van der Waals surface area contributed by atoms with Crippen LogP contribution in [0, 0.1) is 0 Å². The number of esters is 1. The van der Waals surface area contributed by atoms with E-state index in [1.165, 1.54) is 24.3 Å². The number of hydrogen-bond acceptors (Lipinski definition) is 2. The Kier molecular flexibility index (Phi) is 4.50. The molecule has 0 aliphatic carbocycles. The summed E-state index contributed by atoms with van der Waals surface area (Å²) in [5.41, 5.74) is 2.72. The van der Waals surface area contributed by atoms with Crippen molar-refractivity contribution in [1.82, 2.24) is 0 Å². The third-order valence-corrected chi connectivity index (χ3v) is 2.50. The van der Waals surface area contributed by atoms with Crippen molar-refractivity contribution in [3.8, 4) is 0 Å². The molecule has 0 aliphatic heterocycles. The molecule has 17 heavy (non-hydrogen) atoms. The van der Waals surface area contributed by atoms with Gasteiger partial charge >= 0.3 is 5.97 Å². The van der Waals surface area contributed by atoms with Gasteiger partial charge in [0.15, 0.2) is 0 Å². The van der Waals surface area contributed by atoms with E-state index < -0.39 is 0 Å². The summed E-state index contributed by atoms with van der Waals surface area (Å²) in [6.45, 7) is 7.98. The van der Waals surface area contributed by atoms with Crippen LogP contribution in [0.1, 0.15) is 38.8 Å². The second kappa shape index (κ2) is 5.67. The quantitative estimate of drug-likeness (QED) is 0.588. The van der Waals surface area contributed by atoms with Crippen molar-refractivity contribution >= 4 is 5.97 Å². The summed E-state index contributed by atoms with van der Waals surface area (Å²) in [5, 5.41) is 0. The van der Waals surface area contributed by atoms with Crippen molar-refractivity contribution in [2.75, 3.05) is 0 Å². The fourth-order valence-corrected chi connectivity index (χ4v) is 1.47. The highest BCUT2D eigenvalue weighted by Gasteiger charge is 2.12. The van der Waals surface area contributed by atoms with Crippen molar-refractivity contribution in [3.05, 3.63) is 47.7 Å². The van der Waals surface area contributed by atoms with Gasteiger partial charge in [0.1, 0.15) is 0 Å². The van der Waals surface area contributed by atoms with Crippen LogP contribution in [0.3, 0.4) is 0 Å². The first-order valence-electron chi connectivity index (χ1n) is 5.81. The Morgan fingerprint density at radius 1 is 1.24 bits per heavy atom. The summed E-state index contributed by atoms with van der Waals surface area (Å²) < 4.78 is 4.72. The Bertz CT molecular complexity index is 394. The number of rotatable bonds is 3. The Labute approximate surface area is 103 Å². The van der Waals surface area contributed by atoms with E-state index in [1.807, 2.05) is 6.08 Å². The van der Waals surface area contributed by atoms with E-state index in [9.17, 15) is 4.79 Å². The van der Waals surface area contributed by atoms with Gasteiger partial charge in [-0.05, 0) is 29.0 Å². The van der Waals surface area contributed by atoms with Crippen LogP contribution in [0.5, 0.6) is 0 Å². The maximum absolute atomic E-state index is 10.5. The predicted molar refractivity (Wildman–Crippen MR) is 69.8 cm³/mol. The van der Waals surface area contributed by atoms with Gasteiger partial charge in [-0.3, -0.25) is 4.79 Å². The van der Waals surface area contributed by atoms with Gasteiger partial charge < -0.3 is 4.74 Å². The molecule has 0 aliphatic rings. The molecule has 0 heterocycles. The summed E-state index contributed by atoms with van der Waals surface area (Å²) in [5.74, 6) is -0.288. The van der Waals surface area contributed by atoms with Crippen LogP contribution < -0.4 is 0 Å². The number of ether oxygens (including phenoxy) is 1.